The number of piperidine rings is 1. The van der Waals surface area contributed by atoms with Gasteiger partial charge in [-0.1, -0.05) is 0 Å². The molecule has 1 aliphatic rings. The van der Waals surface area contributed by atoms with Crippen molar-refractivity contribution in [2.45, 2.75) is 44.0 Å². The van der Waals surface area contributed by atoms with Crippen LogP contribution >= 0.6 is 7.60 Å². The zero-order valence-electron chi connectivity index (χ0n) is 26.1. The maximum Gasteiger partial charge on any atom is 0.331 e. The number of hydrogen-bond donors (Lipinski definition) is 3. The number of rotatable bonds is 17. The minimum absolute atomic E-state index is 0.154. The van der Waals surface area contributed by atoms with Gasteiger partial charge < -0.3 is 30.3 Å². The summed E-state index contributed by atoms with van der Waals surface area (Å²) in [5.41, 5.74) is 6.64. The number of aromatic nitrogens is 2. The predicted octanol–water partition coefficient (Wildman–Crippen LogP) is 5.31. The normalized spacial score (nSPS) is 14.9. The predicted molar refractivity (Wildman–Crippen MR) is 174 cm³/mol. The molecule has 0 radical (unpaired) electrons. The van der Waals surface area contributed by atoms with E-state index >= 15 is 0 Å². The van der Waals surface area contributed by atoms with Crippen molar-refractivity contribution >= 4 is 40.8 Å². The Morgan fingerprint density at radius 2 is 1.67 bits per heavy atom. The Labute approximate surface area is 269 Å². The van der Waals surface area contributed by atoms with Gasteiger partial charge in [0, 0.05) is 42.8 Å². The third kappa shape index (κ3) is 9.74. The molecule has 0 spiro atoms. The second kappa shape index (κ2) is 16.7. The van der Waals surface area contributed by atoms with Gasteiger partial charge >= 0.3 is 7.60 Å². The maximum atomic E-state index is 13.9. The summed E-state index contributed by atoms with van der Waals surface area (Å²) in [6, 6.07) is 11.1. The number of sulfonamides is 1. The molecule has 12 nitrogen and oxygen atoms in total. The monoisotopic (exact) mass is 681 g/mol. The average Bonchev–Trinajstić information content (AvgIpc) is 3.03. The van der Waals surface area contributed by atoms with E-state index in [1.54, 1.807) is 36.4 Å². The van der Waals surface area contributed by atoms with Crippen molar-refractivity contribution in [2.75, 3.05) is 62.7 Å². The van der Waals surface area contributed by atoms with Crippen LogP contribution in [0, 0.1) is 11.6 Å². The van der Waals surface area contributed by atoms with E-state index in [0.717, 1.165) is 12.1 Å². The van der Waals surface area contributed by atoms with Crippen molar-refractivity contribution in [1.29, 1.82) is 0 Å². The summed E-state index contributed by atoms with van der Waals surface area (Å²) in [6.45, 7) is 6.71. The van der Waals surface area contributed by atoms with Crippen LogP contribution in [-0.2, 0) is 23.6 Å². The highest BCUT2D eigenvalue weighted by Crippen LogP contribution is 2.47. The summed E-state index contributed by atoms with van der Waals surface area (Å²) >= 11 is 0. The highest BCUT2D eigenvalue weighted by atomic mass is 32.2. The van der Waals surface area contributed by atoms with Crippen molar-refractivity contribution in [3.05, 3.63) is 66.4 Å². The smallest absolute Gasteiger partial charge is 0.331 e. The molecule has 1 fully saturated rings. The molecule has 1 saturated heterocycles. The first-order valence-corrected chi connectivity index (χ1v) is 18.5. The van der Waals surface area contributed by atoms with Gasteiger partial charge in [0.2, 0.25) is 16.0 Å². The third-order valence-electron chi connectivity index (χ3n) is 7.45. The molecule has 0 atom stereocenters. The molecule has 46 heavy (non-hydrogen) atoms. The molecule has 252 valence electrons. The lowest BCUT2D eigenvalue weighted by molar-refractivity contribution is 0.159. The van der Waals surface area contributed by atoms with Gasteiger partial charge in [-0.2, -0.15) is 9.29 Å². The largest absolute Gasteiger partial charge is 0.340 e. The van der Waals surface area contributed by atoms with E-state index in [1.165, 1.54) is 24.4 Å². The fraction of sp³-hybridized carbons (Fsp3) is 0.467. The van der Waals surface area contributed by atoms with Gasteiger partial charge in [-0.25, -0.2) is 22.2 Å². The molecule has 0 aliphatic carbocycles. The number of likely N-dealkylation sites (tertiary alicyclic amines) is 1. The molecule has 0 unspecified atom stereocenters. The quantitative estimate of drug-likeness (QED) is 0.159. The number of nitrogens with two attached hydrogens (primary N) is 1. The van der Waals surface area contributed by atoms with Crippen molar-refractivity contribution in [2.24, 2.45) is 5.73 Å². The lowest BCUT2D eigenvalue weighted by Crippen LogP contribution is -2.48. The number of nitrogens with zero attached hydrogens (tertiary/aromatic N) is 4. The van der Waals surface area contributed by atoms with Crippen LogP contribution in [0.4, 0.5) is 31.9 Å². The Hall–Kier alpha value is -3.04. The van der Waals surface area contributed by atoms with Gasteiger partial charge in [-0.05, 0) is 95.2 Å². The van der Waals surface area contributed by atoms with Gasteiger partial charge in [-0.3, -0.25) is 4.57 Å². The SMILES string of the molecule is CCOP(=O)(CCN1CCC(N(CCCN)S(=O)(=O)c2ccc(Nc3nccc(Nc4ccc(F)c(F)c4)n3)cc2)CC1)OCC. The first-order valence-electron chi connectivity index (χ1n) is 15.3. The lowest BCUT2D eigenvalue weighted by Gasteiger charge is -2.38. The van der Waals surface area contributed by atoms with Gasteiger partial charge in [0.15, 0.2) is 11.6 Å². The summed E-state index contributed by atoms with van der Waals surface area (Å²) in [7, 11) is -6.98. The van der Waals surface area contributed by atoms with E-state index in [-0.39, 0.29) is 23.0 Å². The van der Waals surface area contributed by atoms with E-state index in [9.17, 15) is 21.8 Å². The summed E-state index contributed by atoms with van der Waals surface area (Å²) in [4.78, 5) is 10.8. The summed E-state index contributed by atoms with van der Waals surface area (Å²) in [5.74, 6) is -1.36. The fourth-order valence-electron chi connectivity index (χ4n) is 5.19. The summed E-state index contributed by atoms with van der Waals surface area (Å²) in [6.07, 6.45) is 3.56. The van der Waals surface area contributed by atoms with Crippen LogP contribution in [-0.4, -0.2) is 85.7 Å². The molecular weight excluding hydrogens is 639 g/mol. The van der Waals surface area contributed by atoms with E-state index < -0.39 is 29.3 Å². The third-order valence-corrected chi connectivity index (χ3v) is 11.5. The molecule has 16 heteroatoms. The first kappa shape index (κ1) is 35.8. The van der Waals surface area contributed by atoms with Crippen LogP contribution in [0.1, 0.15) is 33.1 Å². The Bertz CT molecular complexity index is 1570. The van der Waals surface area contributed by atoms with Gasteiger partial charge in [-0.15, -0.1) is 0 Å². The van der Waals surface area contributed by atoms with Gasteiger partial charge in [0.1, 0.15) is 5.82 Å². The number of hydrogen-bond acceptors (Lipinski definition) is 11. The molecule has 1 aliphatic heterocycles. The molecule has 0 saturated carbocycles. The molecule has 0 bridgehead atoms. The number of anilines is 4. The van der Waals surface area contributed by atoms with Crippen LogP contribution in [0.25, 0.3) is 0 Å². The van der Waals surface area contributed by atoms with Crippen LogP contribution in [0.2, 0.25) is 0 Å². The fourth-order valence-corrected chi connectivity index (χ4v) is 8.56. The van der Waals surface area contributed by atoms with Crippen LogP contribution in [0.15, 0.2) is 59.6 Å². The molecular formula is C30H42F2N7O5PS. The van der Waals surface area contributed by atoms with Gasteiger partial charge in [0.05, 0.1) is 24.3 Å². The second-order valence-corrected chi connectivity index (χ2v) is 14.7. The molecule has 2 heterocycles. The standard InChI is InChI=1S/C30H42F2N7O5PS/c1-3-43-45(40,44-4-2)21-20-38-18-13-25(14-19-38)39(17-5-15-33)46(41,42)26-9-6-23(7-10-26)36-30-34-16-12-29(37-30)35-24-8-11-27(31)28(32)22-24/h6-12,16,22,25H,3-5,13-15,17-21,33H2,1-2H3,(H2,34,35,36,37). The molecule has 4 N–H and O–H groups in total. The highest BCUT2D eigenvalue weighted by Gasteiger charge is 2.34. The van der Waals surface area contributed by atoms with E-state index in [2.05, 4.69) is 25.5 Å². The van der Waals surface area contributed by atoms with Crippen molar-refractivity contribution < 1.29 is 30.8 Å². The second-order valence-electron chi connectivity index (χ2n) is 10.7. The Balaban J connectivity index is 1.39. The minimum Gasteiger partial charge on any atom is -0.340 e. The molecule has 0 amide bonds. The van der Waals surface area contributed by atoms with Gasteiger partial charge in [0.25, 0.3) is 0 Å². The Kier molecular flexibility index (Phi) is 13.0. The zero-order valence-corrected chi connectivity index (χ0v) is 27.8. The lowest BCUT2D eigenvalue weighted by atomic mass is 10.1. The molecule has 3 aromatic rings. The Morgan fingerprint density at radius 1 is 1.00 bits per heavy atom. The molecule has 4 rings (SSSR count). The van der Waals surface area contributed by atoms with E-state index in [0.29, 0.717) is 82.4 Å². The van der Waals surface area contributed by atoms with Crippen molar-refractivity contribution in [3.8, 4) is 0 Å². The number of nitrogens with one attached hydrogen (secondary N) is 2. The zero-order chi connectivity index (χ0) is 33.2. The highest BCUT2D eigenvalue weighted by molar-refractivity contribution is 7.89. The summed E-state index contributed by atoms with van der Waals surface area (Å²) < 4.78 is 79.8. The van der Waals surface area contributed by atoms with Crippen LogP contribution in [0.3, 0.4) is 0 Å². The summed E-state index contributed by atoms with van der Waals surface area (Å²) in [5, 5.41) is 5.93. The Morgan fingerprint density at radius 3 is 2.30 bits per heavy atom. The van der Waals surface area contributed by atoms with Crippen molar-refractivity contribution in [1.82, 2.24) is 19.2 Å². The van der Waals surface area contributed by atoms with Crippen LogP contribution < -0.4 is 16.4 Å². The average molecular weight is 682 g/mol. The molecule has 1 aromatic heterocycles. The van der Waals surface area contributed by atoms with E-state index in [1.807, 2.05) is 0 Å². The maximum absolute atomic E-state index is 13.9. The van der Waals surface area contributed by atoms with Crippen molar-refractivity contribution in [3.63, 3.8) is 0 Å². The number of benzene rings is 2. The van der Waals surface area contributed by atoms with Crippen LogP contribution in [0.5, 0.6) is 0 Å². The number of halogens is 2. The molecule has 2 aromatic carbocycles. The first-order chi connectivity index (χ1) is 22.1. The minimum atomic E-state index is -3.83. The van der Waals surface area contributed by atoms with E-state index in [4.69, 9.17) is 14.8 Å². The topological polar surface area (TPSA) is 152 Å².